The lowest BCUT2D eigenvalue weighted by Crippen LogP contribution is -2.43. The molecule has 2 spiro atoms. The molecule has 1 aromatic heterocycles. The predicted molar refractivity (Wildman–Crippen MR) is 135 cm³/mol. The van der Waals surface area contributed by atoms with Crippen LogP contribution in [0.5, 0.6) is 0 Å². The third-order valence-corrected chi connectivity index (χ3v) is 7.99. The SMILES string of the molecule is O=C1NC(=O)C2(N1)c1ccccc1-c1ccc(-c3cnc4c(c3)C3(NC(=O)NC3=O)c3ccccc3-4)cc12. The first-order chi connectivity index (χ1) is 18.4. The van der Waals surface area contributed by atoms with Crippen LogP contribution in [0.15, 0.2) is 79.0 Å². The number of amides is 6. The van der Waals surface area contributed by atoms with Gasteiger partial charge in [0.1, 0.15) is 0 Å². The maximum Gasteiger partial charge on any atom is 0.322 e. The van der Waals surface area contributed by atoms with Crippen molar-refractivity contribution in [2.45, 2.75) is 11.1 Å². The molecule has 0 bridgehead atoms. The van der Waals surface area contributed by atoms with Crippen LogP contribution in [0, 0.1) is 0 Å². The zero-order valence-electron chi connectivity index (χ0n) is 19.6. The van der Waals surface area contributed by atoms with Crippen LogP contribution in [0.1, 0.15) is 22.3 Å². The molecule has 2 aliphatic heterocycles. The van der Waals surface area contributed by atoms with Crippen molar-refractivity contribution in [1.82, 2.24) is 26.3 Å². The highest BCUT2D eigenvalue weighted by Crippen LogP contribution is 2.51. The summed E-state index contributed by atoms with van der Waals surface area (Å²) in [5, 5.41) is 10.5. The van der Waals surface area contributed by atoms with E-state index in [1.54, 1.807) is 6.20 Å². The summed E-state index contributed by atoms with van der Waals surface area (Å²) in [5.41, 5.74) is 4.46. The van der Waals surface area contributed by atoms with E-state index in [4.69, 9.17) is 4.98 Å². The number of pyridine rings is 1. The first-order valence-corrected chi connectivity index (χ1v) is 12.1. The molecule has 2 atom stereocenters. The van der Waals surface area contributed by atoms with Crippen molar-refractivity contribution >= 4 is 23.9 Å². The molecule has 6 amide bonds. The molecular weight excluding hydrogens is 482 g/mol. The summed E-state index contributed by atoms with van der Waals surface area (Å²) in [6.45, 7) is 0. The molecule has 0 saturated carbocycles. The lowest BCUT2D eigenvalue weighted by molar-refractivity contribution is -0.123. The van der Waals surface area contributed by atoms with E-state index >= 15 is 0 Å². The second-order valence-electron chi connectivity index (χ2n) is 9.79. The maximum atomic E-state index is 13.2. The van der Waals surface area contributed by atoms with Gasteiger partial charge in [-0.05, 0) is 34.4 Å². The summed E-state index contributed by atoms with van der Waals surface area (Å²) in [7, 11) is 0. The number of urea groups is 2. The van der Waals surface area contributed by atoms with Gasteiger partial charge in [0, 0.05) is 34.0 Å². The average Bonchev–Trinajstić information content (AvgIpc) is 3.59. The molecular formula is C29H17N5O4. The Balaban J connectivity index is 1.33. The number of fused-ring (bicyclic) bond motifs is 10. The molecule has 0 radical (unpaired) electrons. The lowest BCUT2D eigenvalue weighted by Gasteiger charge is -2.24. The van der Waals surface area contributed by atoms with Crippen LogP contribution < -0.4 is 21.3 Å². The van der Waals surface area contributed by atoms with E-state index in [1.165, 1.54) is 0 Å². The van der Waals surface area contributed by atoms with E-state index in [9.17, 15) is 19.2 Å². The molecule has 4 N–H and O–H groups in total. The Bertz CT molecular complexity index is 1700. The molecule has 8 rings (SSSR count). The van der Waals surface area contributed by atoms with Gasteiger partial charge in [-0.1, -0.05) is 60.7 Å². The highest BCUT2D eigenvalue weighted by molar-refractivity contribution is 6.14. The van der Waals surface area contributed by atoms with Gasteiger partial charge in [0.25, 0.3) is 11.8 Å². The van der Waals surface area contributed by atoms with Gasteiger partial charge < -0.3 is 10.6 Å². The third kappa shape index (κ3) is 2.29. The van der Waals surface area contributed by atoms with Crippen molar-refractivity contribution in [2.75, 3.05) is 0 Å². The Morgan fingerprint density at radius 1 is 0.553 bits per heavy atom. The van der Waals surface area contributed by atoms with Crippen LogP contribution in [0.25, 0.3) is 33.5 Å². The zero-order valence-corrected chi connectivity index (χ0v) is 19.6. The van der Waals surface area contributed by atoms with E-state index in [-0.39, 0.29) is 0 Å². The van der Waals surface area contributed by atoms with Gasteiger partial charge in [-0.3, -0.25) is 25.2 Å². The highest BCUT2D eigenvalue weighted by Gasteiger charge is 2.56. The maximum absolute atomic E-state index is 13.2. The topological polar surface area (TPSA) is 129 Å². The van der Waals surface area contributed by atoms with Crippen molar-refractivity contribution in [3.8, 4) is 33.5 Å². The van der Waals surface area contributed by atoms with Crippen molar-refractivity contribution in [3.05, 3.63) is 101 Å². The molecule has 9 heteroatoms. The Morgan fingerprint density at radius 3 is 1.76 bits per heavy atom. The molecule has 4 aromatic rings. The van der Waals surface area contributed by atoms with Gasteiger partial charge in [0.2, 0.25) is 0 Å². The summed E-state index contributed by atoms with van der Waals surface area (Å²) in [6, 6.07) is 21.4. The number of imide groups is 2. The van der Waals surface area contributed by atoms with Crippen molar-refractivity contribution in [3.63, 3.8) is 0 Å². The van der Waals surface area contributed by atoms with Gasteiger partial charge >= 0.3 is 12.1 Å². The molecule has 9 nitrogen and oxygen atoms in total. The molecule has 38 heavy (non-hydrogen) atoms. The first kappa shape index (κ1) is 20.8. The fourth-order valence-electron chi connectivity index (χ4n) is 6.41. The molecule has 182 valence electrons. The summed E-state index contributed by atoms with van der Waals surface area (Å²) >= 11 is 0. The van der Waals surface area contributed by atoms with E-state index in [0.717, 1.165) is 22.3 Å². The largest absolute Gasteiger partial charge is 0.322 e. The second kappa shape index (κ2) is 6.71. The van der Waals surface area contributed by atoms with Gasteiger partial charge in [0.05, 0.1) is 5.69 Å². The van der Waals surface area contributed by atoms with Gasteiger partial charge in [-0.25, -0.2) is 9.59 Å². The van der Waals surface area contributed by atoms with Crippen molar-refractivity contribution < 1.29 is 19.2 Å². The van der Waals surface area contributed by atoms with Crippen LogP contribution in [0.4, 0.5) is 9.59 Å². The molecule has 2 fully saturated rings. The minimum atomic E-state index is -1.38. The summed E-state index contributed by atoms with van der Waals surface area (Å²) in [6.07, 6.45) is 1.72. The monoisotopic (exact) mass is 499 g/mol. The van der Waals surface area contributed by atoms with Crippen LogP contribution in [-0.2, 0) is 20.7 Å². The minimum Gasteiger partial charge on any atom is -0.316 e. The Kier molecular flexibility index (Phi) is 3.68. The standard InChI is InChI=1S/C29H17N5O4/c35-24-28(33-26(37)31-24)19-7-3-1-5-16(19)17-10-9-14(11-21(17)28)15-12-22-23(30-13-15)18-6-2-4-8-20(18)29(22)25(36)32-27(38)34-29/h1-13H,(H2,31,33,35,37)(H2,32,34,36,38). The normalized spacial score (nSPS) is 23.5. The zero-order chi connectivity index (χ0) is 25.8. The van der Waals surface area contributed by atoms with E-state index in [0.29, 0.717) is 33.5 Å². The number of benzene rings is 3. The van der Waals surface area contributed by atoms with E-state index in [1.807, 2.05) is 72.8 Å². The number of carbonyl (C=O) groups excluding carboxylic acids is 4. The average molecular weight is 499 g/mol. The number of nitrogens with one attached hydrogen (secondary N) is 4. The summed E-state index contributed by atoms with van der Waals surface area (Å²) in [5.74, 6) is -0.890. The number of nitrogens with zero attached hydrogens (tertiary/aromatic N) is 1. The third-order valence-electron chi connectivity index (χ3n) is 7.99. The fraction of sp³-hybridized carbons (Fsp3) is 0.0690. The number of hydrogen-bond acceptors (Lipinski definition) is 5. The molecule has 2 saturated heterocycles. The van der Waals surface area contributed by atoms with Crippen LogP contribution in [0.3, 0.4) is 0 Å². The number of carbonyl (C=O) groups is 4. The molecule has 3 aromatic carbocycles. The smallest absolute Gasteiger partial charge is 0.316 e. The van der Waals surface area contributed by atoms with E-state index < -0.39 is 35.0 Å². The Labute approximate surface area is 215 Å². The second-order valence-corrected chi connectivity index (χ2v) is 9.79. The van der Waals surface area contributed by atoms with Crippen LogP contribution >= 0.6 is 0 Å². The fourth-order valence-corrected chi connectivity index (χ4v) is 6.41. The van der Waals surface area contributed by atoms with E-state index in [2.05, 4.69) is 21.3 Å². The number of rotatable bonds is 1. The molecule has 2 aliphatic carbocycles. The minimum absolute atomic E-state index is 0.433. The van der Waals surface area contributed by atoms with Crippen LogP contribution in [-0.4, -0.2) is 28.9 Å². The van der Waals surface area contributed by atoms with Crippen LogP contribution in [0.2, 0.25) is 0 Å². The lowest BCUT2D eigenvalue weighted by atomic mass is 9.85. The predicted octanol–water partition coefficient (Wildman–Crippen LogP) is 2.88. The summed E-state index contributed by atoms with van der Waals surface area (Å²) < 4.78 is 0. The Morgan fingerprint density at radius 2 is 1.11 bits per heavy atom. The van der Waals surface area contributed by atoms with Gasteiger partial charge in [-0.15, -0.1) is 0 Å². The quantitative estimate of drug-likeness (QED) is 0.299. The van der Waals surface area contributed by atoms with Crippen molar-refractivity contribution in [1.29, 1.82) is 0 Å². The molecule has 2 unspecified atom stereocenters. The van der Waals surface area contributed by atoms with Gasteiger partial charge in [0.15, 0.2) is 11.1 Å². The van der Waals surface area contributed by atoms with Gasteiger partial charge in [-0.2, -0.15) is 0 Å². The Hall–Kier alpha value is -5.31. The van der Waals surface area contributed by atoms with Crippen molar-refractivity contribution in [2.24, 2.45) is 0 Å². The summed E-state index contributed by atoms with van der Waals surface area (Å²) in [4.78, 5) is 55.7. The number of hydrogen-bond donors (Lipinski definition) is 4. The highest BCUT2D eigenvalue weighted by atomic mass is 16.2. The molecule has 3 heterocycles. The molecule has 4 aliphatic rings. The number of aromatic nitrogens is 1. The first-order valence-electron chi connectivity index (χ1n) is 12.1.